The molecule has 3 fully saturated rings. The first-order valence-corrected chi connectivity index (χ1v) is 12.5. The number of amides is 1. The molecule has 1 saturated carbocycles. The van der Waals surface area contributed by atoms with Crippen LogP contribution in [0.25, 0.3) is 0 Å². The van der Waals surface area contributed by atoms with Gasteiger partial charge in [0.15, 0.2) is 12.6 Å². The second-order valence-electron chi connectivity index (χ2n) is 9.84. The van der Waals surface area contributed by atoms with Crippen molar-refractivity contribution in [3.63, 3.8) is 0 Å². The Morgan fingerprint density at radius 2 is 1.50 bits per heavy atom. The van der Waals surface area contributed by atoms with Crippen LogP contribution in [0.15, 0.2) is 0 Å². The Balaban J connectivity index is 1.84. The highest BCUT2D eigenvalue weighted by Crippen LogP contribution is 2.32. The van der Waals surface area contributed by atoms with Gasteiger partial charge in [0.2, 0.25) is 5.91 Å². The van der Waals surface area contributed by atoms with Crippen molar-refractivity contribution in [2.45, 2.75) is 105 Å². The SMILES string of the molecule is NCCC(O)C(=O)N[C@@H]1CC(N)[C@@H](O[C@H]2OC(CN)[C@@H](O)C(O)C2N)C(O[C@@H]2O[C@H](CO)C(O)C2O)C1O. The van der Waals surface area contributed by atoms with Crippen molar-refractivity contribution < 1.29 is 59.5 Å². The number of carbonyl (C=O) groups is 1. The van der Waals surface area contributed by atoms with Crippen molar-refractivity contribution >= 4 is 5.91 Å². The van der Waals surface area contributed by atoms with Gasteiger partial charge >= 0.3 is 0 Å². The van der Waals surface area contributed by atoms with Gasteiger partial charge in [0.1, 0.15) is 61.0 Å². The van der Waals surface area contributed by atoms with E-state index in [-0.39, 0.29) is 25.9 Å². The highest BCUT2D eigenvalue weighted by molar-refractivity contribution is 5.80. The van der Waals surface area contributed by atoms with Crippen molar-refractivity contribution in [3.8, 4) is 0 Å². The van der Waals surface area contributed by atoms with Crippen LogP contribution in [0, 0.1) is 0 Å². The summed E-state index contributed by atoms with van der Waals surface area (Å²) in [5.41, 5.74) is 23.3. The van der Waals surface area contributed by atoms with Gasteiger partial charge in [-0.25, -0.2) is 0 Å². The predicted molar refractivity (Wildman–Crippen MR) is 125 cm³/mol. The molecule has 3 rings (SSSR count). The maximum Gasteiger partial charge on any atom is 0.249 e. The van der Waals surface area contributed by atoms with E-state index in [1.807, 2.05) is 0 Å². The molecule has 2 heterocycles. The summed E-state index contributed by atoms with van der Waals surface area (Å²) < 4.78 is 22.7. The molecule has 9 unspecified atom stereocenters. The summed E-state index contributed by atoms with van der Waals surface area (Å²) in [6.07, 6.45) is -16.9. The molecule has 15 atom stereocenters. The number of hydrogen-bond acceptors (Lipinski definition) is 16. The van der Waals surface area contributed by atoms with Crippen LogP contribution in [0.5, 0.6) is 0 Å². The van der Waals surface area contributed by atoms with Gasteiger partial charge in [0.05, 0.1) is 18.7 Å². The molecule has 17 nitrogen and oxygen atoms in total. The fourth-order valence-corrected chi connectivity index (χ4v) is 4.84. The summed E-state index contributed by atoms with van der Waals surface area (Å²) in [6, 6.07) is -3.29. The molecular formula is C21H41N5O12. The van der Waals surface area contributed by atoms with E-state index in [2.05, 4.69) is 5.32 Å². The number of rotatable bonds is 10. The van der Waals surface area contributed by atoms with Gasteiger partial charge in [-0.2, -0.15) is 0 Å². The summed E-state index contributed by atoms with van der Waals surface area (Å²) >= 11 is 0. The Bertz CT molecular complexity index is 770. The lowest BCUT2D eigenvalue weighted by Crippen LogP contribution is -2.69. The summed E-state index contributed by atoms with van der Waals surface area (Å²) in [5, 5.41) is 74.0. The molecule has 0 aromatic carbocycles. The molecule has 17 heteroatoms. The third-order valence-electron chi connectivity index (χ3n) is 7.15. The van der Waals surface area contributed by atoms with Crippen molar-refractivity contribution in [2.75, 3.05) is 19.7 Å². The van der Waals surface area contributed by atoms with E-state index >= 15 is 0 Å². The third kappa shape index (κ3) is 6.60. The van der Waals surface area contributed by atoms with Crippen molar-refractivity contribution in [1.82, 2.24) is 5.32 Å². The Labute approximate surface area is 218 Å². The molecule has 0 aromatic rings. The lowest BCUT2D eigenvalue weighted by Gasteiger charge is -2.48. The fourth-order valence-electron chi connectivity index (χ4n) is 4.84. The summed E-state index contributed by atoms with van der Waals surface area (Å²) in [5.74, 6) is -0.807. The normalized spacial score (nSPS) is 46.6. The standard InChI is InChI=1S/C21H41N5O12/c22-2-1-8(28)19(34)26-7-3-6(24)17(37-20-11(25)15(32)13(30)9(4-23)35-20)18(12(7)29)38-21-16(33)14(31)10(5-27)36-21/h6-18,20-21,27-33H,1-5,22-25H2,(H,26,34)/t6?,7-,8?,9?,10-,11?,12?,13-,14?,15?,16?,17-,18?,20-,21+/m1/s1. The van der Waals surface area contributed by atoms with Crippen molar-refractivity contribution in [2.24, 2.45) is 22.9 Å². The molecule has 2 saturated heterocycles. The Kier molecular flexibility index (Phi) is 11.1. The van der Waals surface area contributed by atoms with Gasteiger partial charge in [0.25, 0.3) is 0 Å². The zero-order valence-electron chi connectivity index (χ0n) is 20.7. The minimum atomic E-state index is -1.62. The molecule has 3 aliphatic rings. The summed E-state index contributed by atoms with van der Waals surface area (Å²) in [4.78, 5) is 12.4. The number of nitrogens with two attached hydrogens (primary N) is 4. The first kappa shape index (κ1) is 31.4. The molecule has 16 N–H and O–H groups in total. The van der Waals surface area contributed by atoms with Crippen molar-refractivity contribution in [1.29, 1.82) is 0 Å². The van der Waals surface area contributed by atoms with Crippen LogP contribution in [-0.4, -0.2) is 153 Å². The zero-order chi connectivity index (χ0) is 28.3. The Morgan fingerprint density at radius 3 is 2.08 bits per heavy atom. The molecule has 0 spiro atoms. The molecule has 222 valence electrons. The molecular weight excluding hydrogens is 514 g/mol. The molecule has 0 radical (unpaired) electrons. The number of aliphatic hydroxyl groups is 7. The van der Waals surface area contributed by atoms with E-state index < -0.39 is 104 Å². The second-order valence-corrected chi connectivity index (χ2v) is 9.84. The van der Waals surface area contributed by atoms with Gasteiger partial charge in [-0.3, -0.25) is 4.79 Å². The fraction of sp³-hybridized carbons (Fsp3) is 0.952. The van der Waals surface area contributed by atoms with E-state index in [1.54, 1.807) is 0 Å². The van der Waals surface area contributed by atoms with E-state index in [0.29, 0.717) is 0 Å². The molecule has 1 aliphatic carbocycles. The topological polar surface area (TPSA) is 312 Å². The van der Waals surface area contributed by atoms with Gasteiger partial charge in [-0.1, -0.05) is 0 Å². The average molecular weight is 556 g/mol. The number of ether oxygens (including phenoxy) is 4. The number of aliphatic hydroxyl groups excluding tert-OH is 7. The Morgan fingerprint density at radius 1 is 0.895 bits per heavy atom. The minimum Gasteiger partial charge on any atom is -0.394 e. The first-order valence-electron chi connectivity index (χ1n) is 12.5. The lowest BCUT2D eigenvalue weighted by molar-refractivity contribution is -0.307. The number of carbonyl (C=O) groups excluding carboxylic acids is 1. The van der Waals surface area contributed by atoms with Crippen LogP contribution in [0.4, 0.5) is 0 Å². The lowest BCUT2D eigenvalue weighted by atomic mass is 9.83. The maximum absolute atomic E-state index is 12.4. The largest absolute Gasteiger partial charge is 0.394 e. The monoisotopic (exact) mass is 555 g/mol. The summed E-state index contributed by atoms with van der Waals surface area (Å²) in [6.45, 7) is -0.764. The number of nitrogens with one attached hydrogen (secondary N) is 1. The van der Waals surface area contributed by atoms with Crippen LogP contribution in [0.3, 0.4) is 0 Å². The molecule has 38 heavy (non-hydrogen) atoms. The zero-order valence-corrected chi connectivity index (χ0v) is 20.7. The molecule has 0 bridgehead atoms. The molecule has 1 amide bonds. The smallest absolute Gasteiger partial charge is 0.249 e. The van der Waals surface area contributed by atoms with Gasteiger partial charge in [-0.15, -0.1) is 0 Å². The first-order chi connectivity index (χ1) is 17.9. The highest BCUT2D eigenvalue weighted by Gasteiger charge is 2.53. The van der Waals surface area contributed by atoms with E-state index in [9.17, 15) is 40.5 Å². The predicted octanol–water partition coefficient (Wildman–Crippen LogP) is -7.79. The second kappa shape index (κ2) is 13.5. The maximum atomic E-state index is 12.4. The quantitative estimate of drug-likeness (QED) is 0.119. The van der Waals surface area contributed by atoms with Crippen LogP contribution in [0.2, 0.25) is 0 Å². The van der Waals surface area contributed by atoms with Gasteiger partial charge < -0.3 is 82.9 Å². The van der Waals surface area contributed by atoms with Crippen LogP contribution >= 0.6 is 0 Å². The third-order valence-corrected chi connectivity index (χ3v) is 7.15. The number of hydrogen-bond donors (Lipinski definition) is 12. The minimum absolute atomic E-state index is 0.0255. The van der Waals surface area contributed by atoms with Crippen LogP contribution in [0.1, 0.15) is 12.8 Å². The van der Waals surface area contributed by atoms with Gasteiger partial charge in [-0.05, 0) is 19.4 Å². The van der Waals surface area contributed by atoms with Gasteiger partial charge in [0, 0.05) is 12.6 Å². The van der Waals surface area contributed by atoms with E-state index in [0.717, 1.165) is 0 Å². The van der Waals surface area contributed by atoms with Crippen LogP contribution in [-0.2, 0) is 23.7 Å². The highest BCUT2D eigenvalue weighted by atomic mass is 16.7. The average Bonchev–Trinajstić information content (AvgIpc) is 3.16. The van der Waals surface area contributed by atoms with Crippen molar-refractivity contribution in [3.05, 3.63) is 0 Å². The molecule has 2 aliphatic heterocycles. The van der Waals surface area contributed by atoms with Crippen LogP contribution < -0.4 is 28.3 Å². The Hall–Kier alpha value is -1.13. The van der Waals surface area contributed by atoms with E-state index in [1.165, 1.54) is 0 Å². The summed E-state index contributed by atoms with van der Waals surface area (Å²) in [7, 11) is 0. The van der Waals surface area contributed by atoms with E-state index in [4.69, 9.17) is 41.9 Å². The molecule has 0 aromatic heterocycles.